The number of hydrogen-bond donors (Lipinski definition) is 0. The fourth-order valence-corrected chi connectivity index (χ4v) is 9.49. The summed E-state index contributed by atoms with van der Waals surface area (Å²) >= 11 is 3.71. The maximum Gasteiger partial charge on any atom is 0.0440 e. The molecule has 0 spiro atoms. The first-order chi connectivity index (χ1) is 23.9. The van der Waals surface area contributed by atoms with Gasteiger partial charge in [-0.05, 0) is 54.6 Å². The predicted octanol–water partition coefficient (Wildman–Crippen LogP) is 14.1. The Morgan fingerprint density at radius 3 is 0.833 bits per heavy atom. The van der Waals surface area contributed by atoms with Crippen LogP contribution in [0.5, 0.6) is 0 Å². The fourth-order valence-electron chi connectivity index (χ4n) is 7.14. The van der Waals surface area contributed by atoms with Crippen molar-refractivity contribution in [3.63, 3.8) is 0 Å². The molecule has 0 aliphatic heterocycles. The van der Waals surface area contributed by atoms with Crippen LogP contribution in [0.4, 0.5) is 0 Å². The van der Waals surface area contributed by atoms with Crippen molar-refractivity contribution in [1.82, 2.24) is 0 Å². The molecule has 0 N–H and O–H groups in total. The summed E-state index contributed by atoms with van der Waals surface area (Å²) in [5.74, 6) is 0. The maximum atomic E-state index is 2.35. The van der Waals surface area contributed by atoms with Crippen molar-refractivity contribution in [2.75, 3.05) is 0 Å². The van der Waals surface area contributed by atoms with Crippen LogP contribution in [0.3, 0.4) is 0 Å². The Balaban J connectivity index is 1.39. The van der Waals surface area contributed by atoms with Crippen molar-refractivity contribution in [1.29, 1.82) is 0 Å². The zero-order chi connectivity index (χ0) is 31.9. The zero-order valence-electron chi connectivity index (χ0n) is 26.1. The van der Waals surface area contributed by atoms with Gasteiger partial charge >= 0.3 is 0 Å². The van der Waals surface area contributed by atoms with Crippen molar-refractivity contribution in [3.05, 3.63) is 181 Å². The molecule has 0 unspecified atom stereocenters. The Bertz CT molecular complexity index is 2290. The third kappa shape index (κ3) is 4.81. The van der Waals surface area contributed by atoms with Gasteiger partial charge in [0.05, 0.1) is 0 Å². The monoisotopic (exact) mass is 646 g/mol. The largest absolute Gasteiger partial charge is 0.142 e. The van der Waals surface area contributed by atoms with E-state index in [9.17, 15) is 0 Å². The third-order valence-corrected chi connectivity index (χ3v) is 11.3. The molecule has 0 saturated carbocycles. The van der Waals surface area contributed by atoms with Gasteiger partial charge in [0, 0.05) is 43.1 Å². The van der Waals surface area contributed by atoms with E-state index in [2.05, 4.69) is 181 Å². The van der Waals surface area contributed by atoms with Gasteiger partial charge in [0.15, 0.2) is 0 Å². The van der Waals surface area contributed by atoms with Gasteiger partial charge in [0.2, 0.25) is 0 Å². The lowest BCUT2D eigenvalue weighted by molar-refractivity contribution is 1.63. The van der Waals surface area contributed by atoms with Gasteiger partial charge in [-0.3, -0.25) is 0 Å². The quantitative estimate of drug-likeness (QED) is 0.158. The van der Waals surface area contributed by atoms with Crippen LogP contribution in [0.15, 0.2) is 181 Å². The van der Waals surface area contributed by atoms with Crippen molar-refractivity contribution >= 4 is 44.2 Å². The summed E-state index contributed by atoms with van der Waals surface area (Å²) in [7, 11) is 0. The second kappa shape index (κ2) is 12.2. The molecule has 0 amide bonds. The van der Waals surface area contributed by atoms with Gasteiger partial charge in [-0.15, -0.1) is 22.7 Å². The number of thiophene rings is 2. The normalized spacial score (nSPS) is 11.3. The van der Waals surface area contributed by atoms with Gasteiger partial charge in [0.25, 0.3) is 0 Å². The van der Waals surface area contributed by atoms with Crippen LogP contribution in [0.25, 0.3) is 86.9 Å². The summed E-state index contributed by atoms with van der Waals surface area (Å²) in [4.78, 5) is 2.61. The minimum atomic E-state index is 1.24. The Labute approximate surface area is 288 Å². The molecule has 0 bridgehead atoms. The Morgan fingerprint density at radius 2 is 0.521 bits per heavy atom. The second-order valence-electron chi connectivity index (χ2n) is 12.0. The maximum absolute atomic E-state index is 2.35. The van der Waals surface area contributed by atoms with Gasteiger partial charge in [0.1, 0.15) is 0 Å². The van der Waals surface area contributed by atoms with Crippen LogP contribution in [-0.4, -0.2) is 0 Å². The standard InChI is InChI=1S/C46H30S2/c1-5-17-31(18-6-1)39-29-47-45(41(39)33-21-9-3-10-22-33)43-35-25-13-15-27-37(35)44(38-28-16-14-26-36(38)43)46-42(34-23-11-4-12-24-34)40(30-48-46)32-19-7-2-8-20-32/h1-30H. The molecule has 226 valence electrons. The summed E-state index contributed by atoms with van der Waals surface area (Å²) in [6.45, 7) is 0. The summed E-state index contributed by atoms with van der Waals surface area (Å²) in [5, 5.41) is 9.81. The molecule has 0 fully saturated rings. The number of hydrogen-bond acceptors (Lipinski definition) is 2. The van der Waals surface area contributed by atoms with Crippen LogP contribution < -0.4 is 0 Å². The van der Waals surface area contributed by atoms with Crippen molar-refractivity contribution in [2.24, 2.45) is 0 Å². The molecule has 2 heteroatoms. The molecule has 9 rings (SSSR count). The first kappa shape index (κ1) is 28.7. The van der Waals surface area contributed by atoms with Crippen molar-refractivity contribution < 1.29 is 0 Å². The highest BCUT2D eigenvalue weighted by atomic mass is 32.1. The highest BCUT2D eigenvalue weighted by Gasteiger charge is 2.25. The lowest BCUT2D eigenvalue weighted by Gasteiger charge is -2.19. The van der Waals surface area contributed by atoms with Crippen LogP contribution in [0, 0.1) is 0 Å². The Hall–Kier alpha value is -5.54. The summed E-state index contributed by atoms with van der Waals surface area (Å²) < 4.78 is 0. The van der Waals surface area contributed by atoms with Gasteiger partial charge < -0.3 is 0 Å². The molecular weight excluding hydrogens is 617 g/mol. The first-order valence-corrected chi connectivity index (χ1v) is 18.0. The molecule has 7 aromatic carbocycles. The van der Waals surface area contributed by atoms with E-state index in [1.54, 1.807) is 0 Å². The molecule has 2 aromatic heterocycles. The lowest BCUT2D eigenvalue weighted by Crippen LogP contribution is -1.92. The van der Waals surface area contributed by atoms with E-state index in [4.69, 9.17) is 0 Å². The average molecular weight is 647 g/mol. The van der Waals surface area contributed by atoms with E-state index >= 15 is 0 Å². The minimum Gasteiger partial charge on any atom is -0.142 e. The molecule has 0 nitrogen and oxygen atoms in total. The van der Waals surface area contributed by atoms with Crippen LogP contribution in [-0.2, 0) is 0 Å². The first-order valence-electron chi connectivity index (χ1n) is 16.3. The van der Waals surface area contributed by atoms with Crippen molar-refractivity contribution in [2.45, 2.75) is 0 Å². The molecule has 0 aliphatic carbocycles. The third-order valence-electron chi connectivity index (χ3n) is 9.26. The average Bonchev–Trinajstić information content (AvgIpc) is 3.81. The highest BCUT2D eigenvalue weighted by molar-refractivity contribution is 7.15. The Kier molecular flexibility index (Phi) is 7.31. The van der Waals surface area contributed by atoms with Crippen LogP contribution in [0.1, 0.15) is 0 Å². The van der Waals surface area contributed by atoms with Crippen LogP contribution in [0.2, 0.25) is 0 Å². The van der Waals surface area contributed by atoms with E-state index in [0.717, 1.165) is 0 Å². The van der Waals surface area contributed by atoms with E-state index in [1.165, 1.54) is 86.9 Å². The molecule has 0 radical (unpaired) electrons. The van der Waals surface area contributed by atoms with Gasteiger partial charge in [-0.1, -0.05) is 170 Å². The van der Waals surface area contributed by atoms with Gasteiger partial charge in [-0.25, -0.2) is 0 Å². The van der Waals surface area contributed by atoms with Crippen LogP contribution >= 0.6 is 22.7 Å². The second-order valence-corrected chi connectivity index (χ2v) is 13.8. The lowest BCUT2D eigenvalue weighted by atomic mass is 9.85. The number of benzene rings is 7. The molecular formula is C46H30S2. The molecule has 0 aliphatic rings. The number of rotatable bonds is 6. The number of fused-ring (bicyclic) bond motifs is 2. The minimum absolute atomic E-state index is 1.24. The predicted molar refractivity (Wildman–Crippen MR) is 210 cm³/mol. The molecule has 2 heterocycles. The smallest absolute Gasteiger partial charge is 0.0440 e. The SMILES string of the molecule is c1ccc(-c2csc(-c3c4ccccc4c(-c4scc(-c5ccccc5)c4-c4ccccc4)c4ccccc34)c2-c2ccccc2)cc1. The molecule has 48 heavy (non-hydrogen) atoms. The molecule has 9 aromatic rings. The highest BCUT2D eigenvalue weighted by Crippen LogP contribution is 2.54. The van der Waals surface area contributed by atoms with Crippen molar-refractivity contribution in [3.8, 4) is 65.4 Å². The summed E-state index contributed by atoms with van der Waals surface area (Å²) in [6.07, 6.45) is 0. The van der Waals surface area contributed by atoms with E-state index < -0.39 is 0 Å². The molecule has 0 atom stereocenters. The summed E-state index contributed by atoms with van der Waals surface area (Å²) in [5.41, 5.74) is 12.7. The van der Waals surface area contributed by atoms with E-state index in [1.807, 2.05) is 22.7 Å². The molecule has 0 saturated heterocycles. The van der Waals surface area contributed by atoms with Gasteiger partial charge in [-0.2, -0.15) is 0 Å². The zero-order valence-corrected chi connectivity index (χ0v) is 27.8. The fraction of sp³-hybridized carbons (Fsp3) is 0. The summed E-state index contributed by atoms with van der Waals surface area (Å²) in [6, 6.07) is 61.5. The Morgan fingerprint density at radius 1 is 0.250 bits per heavy atom. The topological polar surface area (TPSA) is 0 Å². The van der Waals surface area contributed by atoms with E-state index in [0.29, 0.717) is 0 Å². The van der Waals surface area contributed by atoms with E-state index in [-0.39, 0.29) is 0 Å².